The SMILES string of the molecule is Cc1ccncc1/C=C/CN.Cl.Cl. The Kier molecular flexibility index (Phi) is 9.24. The molecule has 0 saturated carbocycles. The van der Waals surface area contributed by atoms with Gasteiger partial charge in [0.15, 0.2) is 0 Å². The van der Waals surface area contributed by atoms with Crippen LogP contribution in [0.4, 0.5) is 0 Å². The molecule has 1 aromatic heterocycles. The average Bonchev–Trinajstić information content (AvgIpc) is 2.03. The molecular weight excluding hydrogens is 207 g/mol. The monoisotopic (exact) mass is 220 g/mol. The van der Waals surface area contributed by atoms with Gasteiger partial charge in [-0.15, -0.1) is 24.8 Å². The van der Waals surface area contributed by atoms with Crippen molar-refractivity contribution in [2.45, 2.75) is 6.92 Å². The third-order valence-electron chi connectivity index (χ3n) is 1.51. The Morgan fingerprint density at radius 3 is 2.69 bits per heavy atom. The molecule has 2 nitrogen and oxygen atoms in total. The van der Waals surface area contributed by atoms with Gasteiger partial charge in [0, 0.05) is 18.9 Å². The number of hydrogen-bond donors (Lipinski definition) is 1. The second-order valence-electron chi connectivity index (χ2n) is 2.37. The lowest BCUT2D eigenvalue weighted by Gasteiger charge is -1.96. The zero-order valence-corrected chi connectivity index (χ0v) is 9.07. The third-order valence-corrected chi connectivity index (χ3v) is 1.51. The lowest BCUT2D eigenvalue weighted by Crippen LogP contribution is -1.92. The summed E-state index contributed by atoms with van der Waals surface area (Å²) in [6, 6.07) is 1.98. The van der Waals surface area contributed by atoms with Crippen molar-refractivity contribution in [2.24, 2.45) is 5.73 Å². The number of hydrogen-bond acceptors (Lipinski definition) is 2. The molecule has 1 aromatic rings. The molecule has 0 spiro atoms. The minimum absolute atomic E-state index is 0. The van der Waals surface area contributed by atoms with Crippen LogP contribution in [0.5, 0.6) is 0 Å². The van der Waals surface area contributed by atoms with Gasteiger partial charge in [-0.2, -0.15) is 0 Å². The van der Waals surface area contributed by atoms with Crippen LogP contribution in [-0.2, 0) is 0 Å². The van der Waals surface area contributed by atoms with Crippen molar-refractivity contribution in [3.05, 3.63) is 35.7 Å². The van der Waals surface area contributed by atoms with Gasteiger partial charge in [0.2, 0.25) is 0 Å². The number of pyridine rings is 1. The first-order valence-electron chi connectivity index (χ1n) is 3.62. The second-order valence-corrected chi connectivity index (χ2v) is 2.37. The van der Waals surface area contributed by atoms with Crippen LogP contribution in [0.3, 0.4) is 0 Å². The molecule has 0 radical (unpaired) electrons. The molecule has 0 atom stereocenters. The molecular formula is C9H14Cl2N2. The van der Waals surface area contributed by atoms with Gasteiger partial charge in [-0.05, 0) is 24.1 Å². The lowest BCUT2D eigenvalue weighted by atomic mass is 10.1. The van der Waals surface area contributed by atoms with E-state index in [4.69, 9.17) is 5.73 Å². The second kappa shape index (κ2) is 8.05. The predicted molar refractivity (Wildman–Crippen MR) is 61.6 cm³/mol. The molecule has 0 amide bonds. The highest BCUT2D eigenvalue weighted by Gasteiger charge is 1.89. The Balaban J connectivity index is 0. The van der Waals surface area contributed by atoms with Gasteiger partial charge in [-0.3, -0.25) is 4.98 Å². The molecule has 0 aromatic carbocycles. The third kappa shape index (κ3) is 4.88. The van der Waals surface area contributed by atoms with E-state index in [0.29, 0.717) is 6.54 Å². The van der Waals surface area contributed by atoms with E-state index in [9.17, 15) is 0 Å². The Hall–Kier alpha value is -0.570. The van der Waals surface area contributed by atoms with E-state index >= 15 is 0 Å². The van der Waals surface area contributed by atoms with E-state index in [0.717, 1.165) is 5.56 Å². The summed E-state index contributed by atoms with van der Waals surface area (Å²) < 4.78 is 0. The maximum absolute atomic E-state index is 5.32. The zero-order valence-electron chi connectivity index (χ0n) is 7.43. The topological polar surface area (TPSA) is 38.9 Å². The van der Waals surface area contributed by atoms with E-state index in [1.165, 1.54) is 5.56 Å². The van der Waals surface area contributed by atoms with Crippen LogP contribution >= 0.6 is 24.8 Å². The van der Waals surface area contributed by atoms with Crippen LogP contribution in [0.1, 0.15) is 11.1 Å². The van der Waals surface area contributed by atoms with Crippen LogP contribution < -0.4 is 5.73 Å². The predicted octanol–water partition coefficient (Wildman–Crippen LogP) is 2.21. The summed E-state index contributed by atoms with van der Waals surface area (Å²) in [5, 5.41) is 0. The Morgan fingerprint density at radius 1 is 1.46 bits per heavy atom. The summed E-state index contributed by atoms with van der Waals surface area (Å²) in [6.07, 6.45) is 7.53. The molecule has 1 heterocycles. The number of nitrogens with zero attached hydrogens (tertiary/aromatic N) is 1. The van der Waals surface area contributed by atoms with Crippen LogP contribution in [-0.4, -0.2) is 11.5 Å². The molecule has 4 heteroatoms. The van der Waals surface area contributed by atoms with Gasteiger partial charge in [0.05, 0.1) is 0 Å². The fourth-order valence-electron chi connectivity index (χ4n) is 0.846. The normalized spacial score (nSPS) is 9.08. The van der Waals surface area contributed by atoms with Crippen molar-refractivity contribution in [1.82, 2.24) is 4.98 Å². The molecule has 0 bridgehead atoms. The van der Waals surface area contributed by atoms with Crippen LogP contribution in [0, 0.1) is 6.92 Å². The van der Waals surface area contributed by atoms with Crippen molar-refractivity contribution in [3.63, 3.8) is 0 Å². The van der Waals surface area contributed by atoms with Gasteiger partial charge in [0.25, 0.3) is 0 Å². The van der Waals surface area contributed by atoms with Crippen LogP contribution in [0.15, 0.2) is 24.5 Å². The standard InChI is InChI=1S/C9H12N2.2ClH/c1-8-4-6-11-7-9(8)3-2-5-10;;/h2-4,6-7H,5,10H2,1H3;2*1H/b3-2+;;. The number of aryl methyl sites for hydroxylation is 1. The quantitative estimate of drug-likeness (QED) is 0.831. The van der Waals surface area contributed by atoms with Crippen LogP contribution in [0.25, 0.3) is 6.08 Å². The highest BCUT2D eigenvalue weighted by molar-refractivity contribution is 5.85. The summed E-state index contributed by atoms with van der Waals surface area (Å²) in [5.74, 6) is 0. The molecule has 2 N–H and O–H groups in total. The summed E-state index contributed by atoms with van der Waals surface area (Å²) in [5.41, 5.74) is 7.68. The van der Waals surface area contributed by atoms with Gasteiger partial charge in [-0.1, -0.05) is 12.2 Å². The zero-order chi connectivity index (χ0) is 8.10. The number of rotatable bonds is 2. The van der Waals surface area contributed by atoms with Crippen molar-refractivity contribution >= 4 is 30.9 Å². The first-order valence-corrected chi connectivity index (χ1v) is 3.62. The van der Waals surface area contributed by atoms with Crippen molar-refractivity contribution in [3.8, 4) is 0 Å². The summed E-state index contributed by atoms with van der Waals surface area (Å²) in [7, 11) is 0. The minimum Gasteiger partial charge on any atom is -0.327 e. The Bertz CT molecular complexity index is 262. The minimum atomic E-state index is 0. The molecule has 13 heavy (non-hydrogen) atoms. The molecule has 0 aliphatic rings. The number of aromatic nitrogens is 1. The van der Waals surface area contributed by atoms with E-state index in [1.807, 2.05) is 24.4 Å². The van der Waals surface area contributed by atoms with Crippen molar-refractivity contribution < 1.29 is 0 Å². The van der Waals surface area contributed by atoms with Crippen LogP contribution in [0.2, 0.25) is 0 Å². The highest BCUT2D eigenvalue weighted by Crippen LogP contribution is 2.05. The molecule has 0 aliphatic carbocycles. The smallest absolute Gasteiger partial charge is 0.0342 e. The highest BCUT2D eigenvalue weighted by atomic mass is 35.5. The van der Waals surface area contributed by atoms with Crippen molar-refractivity contribution in [1.29, 1.82) is 0 Å². The van der Waals surface area contributed by atoms with E-state index in [1.54, 1.807) is 6.20 Å². The number of halogens is 2. The largest absolute Gasteiger partial charge is 0.327 e. The first-order chi connectivity index (χ1) is 5.34. The molecule has 0 unspecified atom stereocenters. The summed E-state index contributed by atoms with van der Waals surface area (Å²) >= 11 is 0. The van der Waals surface area contributed by atoms with E-state index < -0.39 is 0 Å². The van der Waals surface area contributed by atoms with Gasteiger partial charge in [-0.25, -0.2) is 0 Å². The lowest BCUT2D eigenvalue weighted by molar-refractivity contribution is 1.25. The van der Waals surface area contributed by atoms with E-state index in [-0.39, 0.29) is 24.8 Å². The Morgan fingerprint density at radius 2 is 2.15 bits per heavy atom. The fraction of sp³-hybridized carbons (Fsp3) is 0.222. The summed E-state index contributed by atoms with van der Waals surface area (Å²) in [4.78, 5) is 4.01. The van der Waals surface area contributed by atoms with E-state index in [2.05, 4.69) is 11.9 Å². The van der Waals surface area contributed by atoms with Crippen molar-refractivity contribution in [2.75, 3.05) is 6.54 Å². The van der Waals surface area contributed by atoms with Gasteiger partial charge in [0.1, 0.15) is 0 Å². The molecule has 74 valence electrons. The fourth-order valence-corrected chi connectivity index (χ4v) is 0.846. The number of nitrogens with two attached hydrogens (primary N) is 1. The maximum Gasteiger partial charge on any atom is 0.0342 e. The first kappa shape index (κ1) is 14.9. The maximum atomic E-state index is 5.32. The molecule has 0 saturated heterocycles. The van der Waals surface area contributed by atoms with Gasteiger partial charge >= 0.3 is 0 Å². The average molecular weight is 221 g/mol. The Labute approximate surface area is 91.1 Å². The molecule has 0 aliphatic heterocycles. The van der Waals surface area contributed by atoms with Gasteiger partial charge < -0.3 is 5.73 Å². The molecule has 1 rings (SSSR count). The molecule has 0 fully saturated rings. The summed E-state index contributed by atoms with van der Waals surface area (Å²) in [6.45, 7) is 2.63.